The predicted molar refractivity (Wildman–Crippen MR) is 109 cm³/mol. The molecular weight excluding hydrogens is 407 g/mol. The van der Waals surface area contributed by atoms with Gasteiger partial charge in [0, 0.05) is 10.0 Å². The Morgan fingerprint density at radius 1 is 0.926 bits per heavy atom. The summed E-state index contributed by atoms with van der Waals surface area (Å²) in [5.41, 5.74) is 2.58. The van der Waals surface area contributed by atoms with Gasteiger partial charge in [-0.15, -0.1) is 0 Å². The largest absolute Gasteiger partial charge is 0.282 e. The Morgan fingerprint density at radius 3 is 2.37 bits per heavy atom. The normalized spacial score (nSPS) is 15.3. The van der Waals surface area contributed by atoms with Gasteiger partial charge in [-0.2, -0.15) is 0 Å². The molecule has 0 saturated carbocycles. The van der Waals surface area contributed by atoms with Crippen molar-refractivity contribution in [3.8, 4) is 0 Å². The highest BCUT2D eigenvalue weighted by atomic mass is 79.9. The summed E-state index contributed by atoms with van der Waals surface area (Å²) in [6, 6.07) is 23.0. The van der Waals surface area contributed by atoms with Crippen LogP contribution in [0, 0.1) is 5.82 Å². The second-order valence-corrected chi connectivity index (χ2v) is 6.92. The Bertz CT molecular complexity index is 1060. The zero-order valence-corrected chi connectivity index (χ0v) is 15.7. The predicted octanol–water partition coefficient (Wildman–Crippen LogP) is 5.42. The van der Waals surface area contributed by atoms with Gasteiger partial charge in [-0.3, -0.25) is 9.69 Å². The van der Waals surface area contributed by atoms with Crippen LogP contribution >= 0.6 is 15.9 Å². The SMILES string of the molecule is O=C1/C(=C\c2ccc(F)cc2)N=C(c2ccccc2)N1c1cccc(Br)c1. The van der Waals surface area contributed by atoms with Crippen LogP contribution in [-0.2, 0) is 4.79 Å². The van der Waals surface area contributed by atoms with Crippen LogP contribution in [0.4, 0.5) is 10.1 Å². The summed E-state index contributed by atoms with van der Waals surface area (Å²) in [5, 5.41) is 0. The molecule has 1 aliphatic rings. The lowest BCUT2D eigenvalue weighted by Gasteiger charge is -2.18. The van der Waals surface area contributed by atoms with E-state index in [1.807, 2.05) is 54.6 Å². The van der Waals surface area contributed by atoms with Gasteiger partial charge >= 0.3 is 0 Å². The van der Waals surface area contributed by atoms with E-state index in [4.69, 9.17) is 0 Å². The standard InChI is InChI=1S/C22H14BrFN2O/c23-17-7-4-8-19(14-17)26-21(16-5-2-1-3-6-16)25-20(22(26)27)13-15-9-11-18(24)12-10-15/h1-14H/b20-13+. The fourth-order valence-corrected chi connectivity index (χ4v) is 3.26. The molecule has 3 nitrogen and oxygen atoms in total. The fourth-order valence-electron chi connectivity index (χ4n) is 2.87. The number of halogens is 2. The summed E-state index contributed by atoms with van der Waals surface area (Å²) in [7, 11) is 0. The molecule has 27 heavy (non-hydrogen) atoms. The van der Waals surface area contributed by atoms with Crippen LogP contribution in [0.3, 0.4) is 0 Å². The van der Waals surface area contributed by atoms with Gasteiger partial charge in [-0.05, 0) is 42.0 Å². The third-order valence-corrected chi connectivity index (χ3v) is 4.63. The highest BCUT2D eigenvalue weighted by molar-refractivity contribution is 9.10. The summed E-state index contributed by atoms with van der Waals surface area (Å²) < 4.78 is 14.0. The quantitative estimate of drug-likeness (QED) is 0.520. The molecule has 0 fully saturated rings. The van der Waals surface area contributed by atoms with E-state index in [1.54, 1.807) is 23.1 Å². The highest BCUT2D eigenvalue weighted by Gasteiger charge is 2.32. The third kappa shape index (κ3) is 3.59. The zero-order chi connectivity index (χ0) is 18.8. The Hall–Kier alpha value is -3.05. The number of anilines is 1. The van der Waals surface area contributed by atoms with Crippen molar-refractivity contribution < 1.29 is 9.18 Å². The minimum Gasteiger partial charge on any atom is -0.266 e. The molecule has 0 radical (unpaired) electrons. The maximum Gasteiger partial charge on any atom is 0.282 e. The number of carbonyl (C=O) groups excluding carboxylic acids is 1. The summed E-state index contributed by atoms with van der Waals surface area (Å²) in [4.78, 5) is 19.3. The summed E-state index contributed by atoms with van der Waals surface area (Å²) in [6.07, 6.45) is 1.67. The molecule has 3 aromatic rings. The molecule has 132 valence electrons. The van der Waals surface area contributed by atoms with Gasteiger partial charge in [-0.25, -0.2) is 9.38 Å². The van der Waals surface area contributed by atoms with Crippen molar-refractivity contribution in [2.75, 3.05) is 4.90 Å². The number of hydrogen-bond acceptors (Lipinski definition) is 2. The second-order valence-electron chi connectivity index (χ2n) is 6.00. The van der Waals surface area contributed by atoms with Crippen LogP contribution in [0.15, 0.2) is 94.0 Å². The van der Waals surface area contributed by atoms with Gasteiger partial charge < -0.3 is 0 Å². The van der Waals surface area contributed by atoms with E-state index in [9.17, 15) is 9.18 Å². The molecule has 1 amide bonds. The van der Waals surface area contributed by atoms with Crippen LogP contribution in [0.25, 0.3) is 6.08 Å². The Labute approximate surface area is 164 Å². The molecule has 1 aliphatic heterocycles. The first-order valence-corrected chi connectivity index (χ1v) is 9.12. The van der Waals surface area contributed by atoms with Gasteiger partial charge in [0.15, 0.2) is 0 Å². The number of rotatable bonds is 3. The van der Waals surface area contributed by atoms with Crippen molar-refractivity contribution in [1.29, 1.82) is 0 Å². The minimum atomic E-state index is -0.320. The summed E-state index contributed by atoms with van der Waals surface area (Å²) in [6.45, 7) is 0. The first-order valence-electron chi connectivity index (χ1n) is 8.33. The lowest BCUT2D eigenvalue weighted by atomic mass is 10.1. The summed E-state index contributed by atoms with van der Waals surface area (Å²) >= 11 is 3.45. The van der Waals surface area contributed by atoms with Crippen molar-refractivity contribution in [3.05, 3.63) is 106 Å². The molecule has 1 heterocycles. The number of aliphatic imine (C=N–C) groups is 1. The monoisotopic (exact) mass is 420 g/mol. The van der Waals surface area contributed by atoms with Gasteiger partial charge in [0.05, 0.1) is 5.69 Å². The highest BCUT2D eigenvalue weighted by Crippen LogP contribution is 2.29. The van der Waals surface area contributed by atoms with E-state index in [1.165, 1.54) is 12.1 Å². The van der Waals surface area contributed by atoms with Gasteiger partial charge in [0.1, 0.15) is 17.3 Å². The lowest BCUT2D eigenvalue weighted by Crippen LogP contribution is -2.32. The van der Waals surface area contributed by atoms with Crippen molar-refractivity contribution in [3.63, 3.8) is 0 Å². The van der Waals surface area contributed by atoms with Gasteiger partial charge in [0.25, 0.3) is 5.91 Å². The molecule has 0 aromatic heterocycles. The molecule has 0 bridgehead atoms. The van der Waals surface area contributed by atoms with Gasteiger partial charge in [0.2, 0.25) is 0 Å². The van der Waals surface area contributed by atoms with Crippen molar-refractivity contribution in [1.82, 2.24) is 0 Å². The number of benzene rings is 3. The molecule has 4 rings (SSSR count). The number of amidine groups is 1. The Kier molecular flexibility index (Phi) is 4.69. The van der Waals surface area contributed by atoms with E-state index in [2.05, 4.69) is 20.9 Å². The molecule has 0 saturated heterocycles. The smallest absolute Gasteiger partial charge is 0.266 e. The molecule has 3 aromatic carbocycles. The van der Waals surface area contributed by atoms with E-state index in [-0.39, 0.29) is 11.7 Å². The van der Waals surface area contributed by atoms with Crippen LogP contribution in [0.5, 0.6) is 0 Å². The first kappa shape index (κ1) is 17.4. The Balaban J connectivity index is 1.82. The van der Waals surface area contributed by atoms with E-state index in [0.717, 1.165) is 15.7 Å². The fraction of sp³-hybridized carbons (Fsp3) is 0. The zero-order valence-electron chi connectivity index (χ0n) is 14.1. The van der Waals surface area contributed by atoms with Crippen molar-refractivity contribution in [2.45, 2.75) is 0 Å². The average Bonchev–Trinajstić information content (AvgIpc) is 3.01. The average molecular weight is 421 g/mol. The Morgan fingerprint density at radius 2 is 1.67 bits per heavy atom. The summed E-state index contributed by atoms with van der Waals surface area (Å²) in [5.74, 6) is 0.0162. The molecule has 0 N–H and O–H groups in total. The molecule has 5 heteroatoms. The first-order chi connectivity index (χ1) is 13.1. The maximum atomic E-state index is 13.2. The van der Waals surface area contributed by atoms with E-state index < -0.39 is 0 Å². The number of nitrogens with zero attached hydrogens (tertiary/aromatic N) is 2. The molecule has 0 unspecified atom stereocenters. The minimum absolute atomic E-state index is 0.226. The number of carbonyl (C=O) groups is 1. The molecule has 0 spiro atoms. The van der Waals surface area contributed by atoms with Gasteiger partial charge in [-0.1, -0.05) is 64.5 Å². The van der Waals surface area contributed by atoms with E-state index >= 15 is 0 Å². The van der Waals surface area contributed by atoms with Crippen molar-refractivity contribution in [2.24, 2.45) is 4.99 Å². The molecular formula is C22H14BrFN2O. The van der Waals surface area contributed by atoms with Crippen LogP contribution in [-0.4, -0.2) is 11.7 Å². The topological polar surface area (TPSA) is 32.7 Å². The molecule has 0 atom stereocenters. The molecule has 0 aliphatic carbocycles. The number of amides is 1. The van der Waals surface area contributed by atoms with Crippen molar-refractivity contribution >= 4 is 39.4 Å². The maximum absolute atomic E-state index is 13.2. The lowest BCUT2D eigenvalue weighted by molar-refractivity contribution is -0.113. The second kappa shape index (κ2) is 7.29. The number of hydrogen-bond donors (Lipinski definition) is 0. The van der Waals surface area contributed by atoms with E-state index in [0.29, 0.717) is 17.1 Å². The van der Waals surface area contributed by atoms with Crippen LogP contribution < -0.4 is 4.90 Å². The van der Waals surface area contributed by atoms with Crippen LogP contribution in [0.2, 0.25) is 0 Å². The van der Waals surface area contributed by atoms with Crippen LogP contribution in [0.1, 0.15) is 11.1 Å². The third-order valence-electron chi connectivity index (χ3n) is 4.13.